The van der Waals surface area contributed by atoms with Crippen LogP contribution >= 0.6 is 11.9 Å². The molecule has 0 saturated heterocycles. The molecule has 0 atom stereocenters. The molecule has 0 fully saturated rings. The summed E-state index contributed by atoms with van der Waals surface area (Å²) >= 11 is 1.37. The van der Waals surface area contributed by atoms with E-state index in [4.69, 9.17) is 0 Å². The van der Waals surface area contributed by atoms with Gasteiger partial charge in [0.25, 0.3) is 0 Å². The monoisotopic (exact) mass is 264 g/mol. The van der Waals surface area contributed by atoms with Crippen molar-refractivity contribution in [2.75, 3.05) is 19.4 Å². The molecule has 0 amide bonds. The molecular formula is C12H12N2O3S. The summed E-state index contributed by atoms with van der Waals surface area (Å²) in [5, 5.41) is 12.8. The molecule has 0 aliphatic rings. The highest BCUT2D eigenvalue weighted by Crippen LogP contribution is 2.36. The molecule has 2 aromatic carbocycles. The molecule has 5 nitrogen and oxygen atoms in total. The number of hydrogen-bond donors (Lipinski definition) is 2. The molecule has 0 saturated carbocycles. The van der Waals surface area contributed by atoms with Gasteiger partial charge in [-0.25, -0.2) is 0 Å². The van der Waals surface area contributed by atoms with Gasteiger partial charge in [-0.05, 0) is 38.2 Å². The first kappa shape index (κ1) is 12.7. The summed E-state index contributed by atoms with van der Waals surface area (Å²) in [7, 11) is 3.72. The van der Waals surface area contributed by atoms with Crippen molar-refractivity contribution in [1.29, 1.82) is 0 Å². The largest absolute Gasteiger partial charge is 0.505 e. The Labute approximate surface area is 108 Å². The lowest BCUT2D eigenvalue weighted by Gasteiger charge is -2.14. The lowest BCUT2D eigenvalue weighted by Crippen LogP contribution is -2.31. The van der Waals surface area contributed by atoms with Crippen molar-refractivity contribution < 1.29 is 5.11 Å². The van der Waals surface area contributed by atoms with Crippen molar-refractivity contribution in [2.24, 2.45) is 0 Å². The second-order valence-corrected chi connectivity index (χ2v) is 5.29. The van der Waals surface area contributed by atoms with Crippen LogP contribution in [-0.4, -0.2) is 23.5 Å². The lowest BCUT2D eigenvalue weighted by molar-refractivity contribution is 0.464. The van der Waals surface area contributed by atoms with E-state index >= 15 is 0 Å². The number of nitrogens with one attached hydrogen (secondary N) is 1. The third-order valence-corrected chi connectivity index (χ3v) is 3.18. The van der Waals surface area contributed by atoms with E-state index < -0.39 is 10.9 Å². The predicted molar refractivity (Wildman–Crippen MR) is 72.3 cm³/mol. The highest BCUT2D eigenvalue weighted by Gasteiger charge is 2.13. The van der Waals surface area contributed by atoms with Gasteiger partial charge in [0, 0.05) is 6.07 Å². The zero-order valence-electron chi connectivity index (χ0n) is 9.93. The first-order valence-electron chi connectivity index (χ1n) is 5.23. The van der Waals surface area contributed by atoms with Gasteiger partial charge in [-0.1, -0.05) is 6.07 Å². The van der Waals surface area contributed by atoms with Gasteiger partial charge in [0.15, 0.2) is 5.75 Å². The van der Waals surface area contributed by atoms with E-state index in [0.717, 1.165) is 0 Å². The van der Waals surface area contributed by atoms with Crippen molar-refractivity contribution in [3.05, 3.63) is 44.7 Å². The van der Waals surface area contributed by atoms with E-state index in [1.165, 1.54) is 18.0 Å². The van der Waals surface area contributed by atoms with Crippen LogP contribution in [0.5, 0.6) is 5.75 Å². The summed E-state index contributed by atoms with van der Waals surface area (Å²) in [5.74, 6) is 0.0595. The minimum Gasteiger partial charge on any atom is -0.505 e. The van der Waals surface area contributed by atoms with Crippen molar-refractivity contribution in [3.8, 4) is 5.75 Å². The molecule has 0 bridgehead atoms. The molecule has 0 heterocycles. The number of phenolic OH excluding ortho intramolecular Hbond substituents is 1. The Bertz CT molecular complexity index is 645. The SMILES string of the molecule is CN(C)Sc1cccc(Nc2cc(=O)c2=O)c1O. The number of para-hydroxylation sites is 1. The normalized spacial score (nSPS) is 11.1. The minimum atomic E-state index is -0.555. The van der Waals surface area contributed by atoms with Crippen LogP contribution in [0.3, 0.4) is 0 Å². The molecule has 0 spiro atoms. The van der Waals surface area contributed by atoms with Crippen molar-refractivity contribution in [2.45, 2.75) is 4.90 Å². The van der Waals surface area contributed by atoms with E-state index in [0.29, 0.717) is 10.6 Å². The predicted octanol–water partition coefficient (Wildman–Crippen LogP) is 1.30. The van der Waals surface area contributed by atoms with Crippen LogP contribution in [0.25, 0.3) is 0 Å². The van der Waals surface area contributed by atoms with Crippen LogP contribution in [0.15, 0.2) is 38.8 Å². The molecule has 6 heteroatoms. The summed E-state index contributed by atoms with van der Waals surface area (Å²) in [6.45, 7) is 0. The molecule has 94 valence electrons. The number of nitrogens with zero attached hydrogens (tertiary/aromatic N) is 1. The summed E-state index contributed by atoms with van der Waals surface area (Å²) < 4.78 is 1.84. The van der Waals surface area contributed by atoms with Crippen molar-refractivity contribution >= 4 is 23.3 Å². The number of aromatic hydroxyl groups is 1. The molecule has 2 aromatic rings. The molecule has 18 heavy (non-hydrogen) atoms. The van der Waals surface area contributed by atoms with Crippen molar-refractivity contribution in [3.63, 3.8) is 0 Å². The van der Waals surface area contributed by atoms with Crippen LogP contribution in [0.2, 0.25) is 0 Å². The molecular weight excluding hydrogens is 252 g/mol. The molecule has 2 N–H and O–H groups in total. The van der Waals surface area contributed by atoms with Crippen LogP contribution in [-0.2, 0) is 0 Å². The summed E-state index contributed by atoms with van der Waals surface area (Å²) in [5.41, 5.74) is -0.452. The van der Waals surface area contributed by atoms with E-state index in [-0.39, 0.29) is 11.4 Å². The third kappa shape index (κ3) is 2.39. The maximum Gasteiger partial charge on any atom is 0.249 e. The number of benzene rings is 1. The van der Waals surface area contributed by atoms with Gasteiger partial charge in [0.05, 0.1) is 16.3 Å². The molecule has 0 aliphatic heterocycles. The molecule has 0 aromatic heterocycles. The Morgan fingerprint density at radius 2 is 1.94 bits per heavy atom. The third-order valence-electron chi connectivity index (χ3n) is 2.29. The Morgan fingerprint density at radius 1 is 1.22 bits per heavy atom. The lowest BCUT2D eigenvalue weighted by atomic mass is 10.2. The van der Waals surface area contributed by atoms with E-state index in [1.807, 2.05) is 18.4 Å². The topological polar surface area (TPSA) is 69.6 Å². The molecule has 0 radical (unpaired) electrons. The number of anilines is 2. The highest BCUT2D eigenvalue weighted by atomic mass is 32.2. The fourth-order valence-corrected chi connectivity index (χ4v) is 2.18. The van der Waals surface area contributed by atoms with E-state index in [1.54, 1.807) is 18.2 Å². The van der Waals surface area contributed by atoms with Gasteiger partial charge in [0.2, 0.25) is 10.9 Å². The van der Waals surface area contributed by atoms with Gasteiger partial charge >= 0.3 is 0 Å². The second-order valence-electron chi connectivity index (χ2n) is 3.93. The maximum atomic E-state index is 11.2. The van der Waals surface area contributed by atoms with Crippen molar-refractivity contribution in [1.82, 2.24) is 4.31 Å². The van der Waals surface area contributed by atoms with Crippen LogP contribution in [0.1, 0.15) is 0 Å². The minimum absolute atomic E-state index is 0.0595. The van der Waals surface area contributed by atoms with E-state index in [9.17, 15) is 14.7 Å². The van der Waals surface area contributed by atoms with Crippen LogP contribution in [0, 0.1) is 0 Å². The number of phenols is 1. The Hall–Kier alpha value is -1.79. The first-order chi connectivity index (χ1) is 8.49. The van der Waals surface area contributed by atoms with Gasteiger partial charge < -0.3 is 10.4 Å². The average molecular weight is 264 g/mol. The molecule has 0 aliphatic carbocycles. The van der Waals surface area contributed by atoms with Gasteiger partial charge in [-0.3, -0.25) is 13.9 Å². The fraction of sp³-hybridized carbons (Fsp3) is 0.167. The number of rotatable bonds is 4. The van der Waals surface area contributed by atoms with Gasteiger partial charge in [-0.15, -0.1) is 0 Å². The zero-order valence-corrected chi connectivity index (χ0v) is 10.7. The summed E-state index contributed by atoms with van der Waals surface area (Å²) in [4.78, 5) is 22.6. The van der Waals surface area contributed by atoms with Gasteiger partial charge in [0.1, 0.15) is 0 Å². The Kier molecular flexibility index (Phi) is 3.40. The Balaban J connectivity index is 2.27. The molecule has 2 rings (SSSR count). The van der Waals surface area contributed by atoms with Crippen LogP contribution < -0.4 is 16.2 Å². The fourth-order valence-electron chi connectivity index (χ4n) is 1.45. The quantitative estimate of drug-likeness (QED) is 0.493. The smallest absolute Gasteiger partial charge is 0.249 e. The van der Waals surface area contributed by atoms with Gasteiger partial charge in [-0.2, -0.15) is 0 Å². The van der Waals surface area contributed by atoms with Crippen LogP contribution in [0.4, 0.5) is 11.4 Å². The number of hydrogen-bond acceptors (Lipinski definition) is 6. The molecule has 0 unspecified atom stereocenters. The standard InChI is InChI=1S/C12H12N2O3S/c1-14(2)18-10-5-3-4-7(12(10)17)13-8-6-9(15)11(8)16/h3-6,13,17H,1-2H3. The Morgan fingerprint density at radius 3 is 2.50 bits per heavy atom. The average Bonchev–Trinajstić information content (AvgIpc) is 2.32. The summed E-state index contributed by atoms with van der Waals surface area (Å²) in [6, 6.07) is 6.40. The maximum absolute atomic E-state index is 11.2. The zero-order chi connectivity index (χ0) is 13.3. The first-order valence-corrected chi connectivity index (χ1v) is 6.01. The summed E-state index contributed by atoms with van der Waals surface area (Å²) in [6.07, 6.45) is 0. The highest BCUT2D eigenvalue weighted by molar-refractivity contribution is 7.97. The second kappa shape index (κ2) is 4.83. The van der Waals surface area contributed by atoms with E-state index in [2.05, 4.69) is 5.32 Å².